The summed E-state index contributed by atoms with van der Waals surface area (Å²) < 4.78 is 10.3. The normalized spacial score (nSPS) is 10.6. The lowest BCUT2D eigenvalue weighted by molar-refractivity contribution is -0.146. The van der Waals surface area contributed by atoms with Gasteiger partial charge in [0.05, 0.1) is 6.61 Å². The van der Waals surface area contributed by atoms with Gasteiger partial charge in [0.2, 0.25) is 0 Å². The van der Waals surface area contributed by atoms with Crippen molar-refractivity contribution in [2.45, 2.75) is 52.6 Å². The van der Waals surface area contributed by atoms with Gasteiger partial charge >= 0.3 is 11.9 Å². The maximum atomic E-state index is 11.6. The molecule has 0 atom stereocenters. The first-order valence-electron chi connectivity index (χ1n) is 8.03. The summed E-state index contributed by atoms with van der Waals surface area (Å²) in [6, 6.07) is 7.12. The van der Waals surface area contributed by atoms with Crippen LogP contribution in [0.25, 0.3) is 0 Å². The molecule has 0 aliphatic carbocycles. The molecule has 0 aliphatic heterocycles. The molecular weight excluding hydrogens is 316 g/mol. The lowest BCUT2D eigenvalue weighted by Gasteiger charge is -2.07. The molecule has 0 bridgehead atoms. The molecule has 1 aromatic rings. The summed E-state index contributed by atoms with van der Waals surface area (Å²) in [5.74, 6) is 0.0518. The van der Waals surface area contributed by atoms with Crippen molar-refractivity contribution in [2.24, 2.45) is 5.92 Å². The van der Waals surface area contributed by atoms with E-state index in [0.717, 1.165) is 18.4 Å². The largest absolute Gasteiger partial charge is 0.466 e. The van der Waals surface area contributed by atoms with Crippen LogP contribution < -0.4 is 0 Å². The number of carbonyl (C=O) groups is 2. The molecule has 1 rings (SSSR count). The molecule has 4 nitrogen and oxygen atoms in total. The number of hydrogen-bond acceptors (Lipinski definition) is 4. The summed E-state index contributed by atoms with van der Waals surface area (Å²) in [4.78, 5) is 23.1. The first kappa shape index (κ1) is 19.5. The van der Waals surface area contributed by atoms with Crippen molar-refractivity contribution in [1.82, 2.24) is 0 Å². The molecule has 1 aromatic carbocycles. The zero-order valence-corrected chi connectivity index (χ0v) is 14.6. The van der Waals surface area contributed by atoms with Crippen LogP contribution in [0.15, 0.2) is 24.3 Å². The fourth-order valence-electron chi connectivity index (χ4n) is 1.94. The molecular formula is C18H25ClO4. The molecule has 0 amide bonds. The molecule has 0 unspecified atom stereocenters. The van der Waals surface area contributed by atoms with Crippen LogP contribution in [-0.4, -0.2) is 18.5 Å². The Balaban J connectivity index is 2.07. The van der Waals surface area contributed by atoms with Gasteiger partial charge in [-0.25, -0.2) is 0 Å². The number of benzene rings is 1. The van der Waals surface area contributed by atoms with Crippen LogP contribution in [0.1, 0.15) is 51.5 Å². The average molecular weight is 341 g/mol. The molecule has 0 saturated carbocycles. The highest BCUT2D eigenvalue weighted by Gasteiger charge is 2.08. The van der Waals surface area contributed by atoms with Gasteiger partial charge in [-0.3, -0.25) is 9.59 Å². The first-order valence-corrected chi connectivity index (χ1v) is 8.41. The van der Waals surface area contributed by atoms with Crippen LogP contribution in [-0.2, 0) is 25.7 Å². The van der Waals surface area contributed by atoms with Crippen molar-refractivity contribution in [3.05, 3.63) is 34.9 Å². The minimum absolute atomic E-state index is 0.217. The Kier molecular flexibility index (Phi) is 9.37. The average Bonchev–Trinajstić information content (AvgIpc) is 2.51. The molecule has 0 aliphatic rings. The maximum Gasteiger partial charge on any atom is 0.306 e. The number of hydrogen-bond donors (Lipinski definition) is 0. The Morgan fingerprint density at radius 1 is 1.00 bits per heavy atom. The molecule has 0 aromatic heterocycles. The van der Waals surface area contributed by atoms with Crippen LogP contribution >= 0.6 is 11.6 Å². The van der Waals surface area contributed by atoms with Gasteiger partial charge in [0.15, 0.2) is 0 Å². The smallest absolute Gasteiger partial charge is 0.306 e. The van der Waals surface area contributed by atoms with Crippen molar-refractivity contribution in [3.63, 3.8) is 0 Å². The molecule has 0 saturated heterocycles. The van der Waals surface area contributed by atoms with Crippen LogP contribution in [0.4, 0.5) is 0 Å². The predicted octanol–water partition coefficient (Wildman–Crippen LogP) is 4.53. The van der Waals surface area contributed by atoms with E-state index in [2.05, 4.69) is 13.8 Å². The minimum Gasteiger partial charge on any atom is -0.466 e. The van der Waals surface area contributed by atoms with E-state index in [1.165, 1.54) is 0 Å². The van der Waals surface area contributed by atoms with Gasteiger partial charge in [0.25, 0.3) is 0 Å². The Hall–Kier alpha value is -1.55. The molecule has 0 spiro atoms. The number of ether oxygens (including phenoxy) is 2. The molecule has 23 heavy (non-hydrogen) atoms. The second-order valence-electron chi connectivity index (χ2n) is 5.90. The van der Waals surface area contributed by atoms with E-state index in [9.17, 15) is 9.59 Å². The van der Waals surface area contributed by atoms with Crippen molar-refractivity contribution < 1.29 is 19.1 Å². The molecule has 0 N–H and O–H groups in total. The summed E-state index contributed by atoms with van der Waals surface area (Å²) in [5.41, 5.74) is 0.882. The zero-order chi connectivity index (χ0) is 17.1. The van der Waals surface area contributed by atoms with E-state index in [1.807, 2.05) is 12.1 Å². The number of esters is 2. The monoisotopic (exact) mass is 340 g/mol. The number of halogens is 1. The third-order valence-electron chi connectivity index (χ3n) is 3.26. The number of carbonyl (C=O) groups excluding carboxylic acids is 2. The Bertz CT molecular complexity index is 482. The lowest BCUT2D eigenvalue weighted by atomic mass is 10.1. The summed E-state index contributed by atoms with van der Waals surface area (Å²) in [5, 5.41) is 0.645. The van der Waals surface area contributed by atoms with Gasteiger partial charge < -0.3 is 9.47 Å². The summed E-state index contributed by atoms with van der Waals surface area (Å²) >= 11 is 5.78. The third kappa shape index (κ3) is 9.95. The molecule has 128 valence electrons. The Morgan fingerprint density at radius 2 is 1.61 bits per heavy atom. The van der Waals surface area contributed by atoms with E-state index in [4.69, 9.17) is 21.1 Å². The van der Waals surface area contributed by atoms with Crippen LogP contribution in [0.2, 0.25) is 5.02 Å². The highest BCUT2D eigenvalue weighted by atomic mass is 35.5. The van der Waals surface area contributed by atoms with Crippen LogP contribution in [0, 0.1) is 5.92 Å². The van der Waals surface area contributed by atoms with Gasteiger partial charge in [-0.1, -0.05) is 37.6 Å². The topological polar surface area (TPSA) is 52.6 Å². The van der Waals surface area contributed by atoms with Crippen LogP contribution in [0.3, 0.4) is 0 Å². The van der Waals surface area contributed by atoms with Gasteiger partial charge in [0, 0.05) is 17.9 Å². The van der Waals surface area contributed by atoms with Crippen molar-refractivity contribution in [3.8, 4) is 0 Å². The fraction of sp³-hybridized carbons (Fsp3) is 0.556. The lowest BCUT2D eigenvalue weighted by Crippen LogP contribution is -2.09. The van der Waals surface area contributed by atoms with E-state index >= 15 is 0 Å². The zero-order valence-electron chi connectivity index (χ0n) is 13.8. The molecule has 5 heteroatoms. The maximum absolute atomic E-state index is 11.6. The van der Waals surface area contributed by atoms with Crippen molar-refractivity contribution >= 4 is 23.5 Å². The van der Waals surface area contributed by atoms with E-state index in [-0.39, 0.29) is 31.4 Å². The molecule has 0 fully saturated rings. The quantitative estimate of drug-likeness (QED) is 0.463. The van der Waals surface area contributed by atoms with Gasteiger partial charge in [-0.05, 0) is 42.9 Å². The third-order valence-corrected chi connectivity index (χ3v) is 3.52. The molecule has 0 radical (unpaired) electrons. The SMILES string of the molecule is CC(C)CCCOC(=O)CCCC(=O)OCc1ccc(Cl)cc1. The Labute approximate surface area is 143 Å². The van der Waals surface area contributed by atoms with Gasteiger partial charge in [0.1, 0.15) is 6.61 Å². The Morgan fingerprint density at radius 3 is 2.22 bits per heavy atom. The number of rotatable bonds is 10. The van der Waals surface area contributed by atoms with Crippen molar-refractivity contribution in [2.75, 3.05) is 6.61 Å². The van der Waals surface area contributed by atoms with Gasteiger partial charge in [-0.2, -0.15) is 0 Å². The second kappa shape index (κ2) is 11.1. The highest BCUT2D eigenvalue weighted by molar-refractivity contribution is 6.30. The summed E-state index contributed by atoms with van der Waals surface area (Å²) in [7, 11) is 0. The standard InChI is InChI=1S/C18H25ClO4/c1-14(2)5-4-12-22-17(20)6-3-7-18(21)23-13-15-8-10-16(19)11-9-15/h8-11,14H,3-7,12-13H2,1-2H3. The molecule has 0 heterocycles. The second-order valence-corrected chi connectivity index (χ2v) is 6.33. The van der Waals surface area contributed by atoms with E-state index < -0.39 is 0 Å². The van der Waals surface area contributed by atoms with Crippen LogP contribution in [0.5, 0.6) is 0 Å². The predicted molar refractivity (Wildman–Crippen MR) is 90.1 cm³/mol. The summed E-state index contributed by atoms with van der Waals surface area (Å²) in [6.45, 7) is 4.95. The van der Waals surface area contributed by atoms with Crippen molar-refractivity contribution in [1.29, 1.82) is 0 Å². The highest BCUT2D eigenvalue weighted by Crippen LogP contribution is 2.11. The fourth-order valence-corrected chi connectivity index (χ4v) is 2.07. The van der Waals surface area contributed by atoms with E-state index in [1.54, 1.807) is 12.1 Å². The first-order chi connectivity index (χ1) is 11.0. The minimum atomic E-state index is -0.312. The summed E-state index contributed by atoms with van der Waals surface area (Å²) in [6.07, 6.45) is 2.84. The van der Waals surface area contributed by atoms with Gasteiger partial charge in [-0.15, -0.1) is 0 Å². The van der Waals surface area contributed by atoms with E-state index in [0.29, 0.717) is 24.0 Å².